The first-order valence-corrected chi connectivity index (χ1v) is 15.3. The molecular formula is C36H35FN6O4. The predicted octanol–water partition coefficient (Wildman–Crippen LogP) is 6.75. The second-order valence-corrected chi connectivity index (χ2v) is 10.8. The minimum atomic E-state index is -1.51. The van der Waals surface area contributed by atoms with E-state index in [2.05, 4.69) is 20.9 Å². The molecule has 0 fully saturated rings. The fourth-order valence-corrected chi connectivity index (χ4v) is 5.19. The Morgan fingerprint density at radius 2 is 1.79 bits per heavy atom. The van der Waals surface area contributed by atoms with E-state index >= 15 is 0 Å². The van der Waals surface area contributed by atoms with Crippen molar-refractivity contribution < 1.29 is 23.8 Å². The van der Waals surface area contributed by atoms with Gasteiger partial charge in [0.15, 0.2) is 11.6 Å². The number of benzene rings is 4. The van der Waals surface area contributed by atoms with E-state index in [0.717, 1.165) is 11.1 Å². The molecule has 0 saturated carbocycles. The predicted molar refractivity (Wildman–Crippen MR) is 178 cm³/mol. The molecule has 10 nitrogen and oxygen atoms in total. The van der Waals surface area contributed by atoms with E-state index < -0.39 is 17.6 Å². The van der Waals surface area contributed by atoms with E-state index in [4.69, 9.17) is 19.6 Å². The number of carbonyl (C=O) groups excluding carboxylic acids is 1. The fourth-order valence-electron chi connectivity index (χ4n) is 5.19. The Morgan fingerprint density at radius 1 is 1.04 bits per heavy atom. The van der Waals surface area contributed by atoms with Crippen LogP contribution in [0.2, 0.25) is 0 Å². The zero-order valence-electron chi connectivity index (χ0n) is 25.6. The number of nitrogens with zero attached hydrogens (tertiary/aromatic N) is 4. The van der Waals surface area contributed by atoms with E-state index in [1.165, 1.54) is 12.1 Å². The van der Waals surface area contributed by atoms with Crippen molar-refractivity contribution >= 4 is 23.6 Å². The highest BCUT2D eigenvalue weighted by Gasteiger charge is 2.53. The number of carbonyl (C=O) groups is 1. The summed E-state index contributed by atoms with van der Waals surface area (Å²) in [5.74, 6) is 0.0915. The van der Waals surface area contributed by atoms with Gasteiger partial charge in [-0.05, 0) is 59.5 Å². The molecule has 3 N–H and O–H groups in total. The molecule has 47 heavy (non-hydrogen) atoms. The normalized spacial score (nSPS) is 17.1. The van der Waals surface area contributed by atoms with Crippen molar-refractivity contribution in [3.63, 3.8) is 0 Å². The fraction of sp³-hybridized carbons (Fsp3) is 0.222. The number of aliphatic hydroxyl groups excluding tert-OH is 1. The lowest BCUT2D eigenvalue weighted by Gasteiger charge is -2.30. The molecule has 4 aromatic rings. The third kappa shape index (κ3) is 8.42. The van der Waals surface area contributed by atoms with Gasteiger partial charge in [0, 0.05) is 47.7 Å². The summed E-state index contributed by atoms with van der Waals surface area (Å²) in [6.07, 6.45) is 4.04. The third-order valence-corrected chi connectivity index (χ3v) is 7.59. The van der Waals surface area contributed by atoms with Crippen LogP contribution in [0.1, 0.15) is 41.2 Å². The first kappa shape index (κ1) is 32.9. The second kappa shape index (κ2) is 16.2. The monoisotopic (exact) mass is 634 g/mol. The molecule has 1 aliphatic rings. The summed E-state index contributed by atoms with van der Waals surface area (Å²) in [5, 5.41) is 12.9. The van der Waals surface area contributed by atoms with E-state index in [9.17, 15) is 14.7 Å². The molecule has 2 atom stereocenters. The molecule has 0 radical (unpaired) electrons. The van der Waals surface area contributed by atoms with Crippen LogP contribution in [0.15, 0.2) is 119 Å². The number of amides is 1. The van der Waals surface area contributed by atoms with Crippen molar-refractivity contribution in [3.05, 3.63) is 148 Å². The molecule has 5 rings (SSSR count). The van der Waals surface area contributed by atoms with Gasteiger partial charge in [-0.15, -0.1) is 0 Å². The number of aliphatic imine (C=N–C) groups is 1. The maximum atomic E-state index is 14.3. The van der Waals surface area contributed by atoms with Crippen LogP contribution in [0.4, 0.5) is 10.1 Å². The van der Waals surface area contributed by atoms with Crippen LogP contribution in [0.3, 0.4) is 0 Å². The van der Waals surface area contributed by atoms with Gasteiger partial charge in [-0.2, -0.15) is 0 Å². The summed E-state index contributed by atoms with van der Waals surface area (Å²) in [6.45, 7) is 0.782. The number of hydrogen-bond acceptors (Lipinski definition) is 7. The van der Waals surface area contributed by atoms with Crippen molar-refractivity contribution in [2.75, 3.05) is 19.8 Å². The Hall–Kier alpha value is -5.48. The average molecular weight is 635 g/mol. The lowest BCUT2D eigenvalue weighted by molar-refractivity contribution is -0.129. The summed E-state index contributed by atoms with van der Waals surface area (Å²) < 4.78 is 25.6. The van der Waals surface area contributed by atoms with Gasteiger partial charge >= 0.3 is 0 Å². The first-order valence-electron chi connectivity index (χ1n) is 15.3. The number of ether oxygens (including phenoxy) is 2. The van der Waals surface area contributed by atoms with Crippen molar-refractivity contribution in [1.29, 1.82) is 0 Å². The molecule has 0 aliphatic carbocycles. The van der Waals surface area contributed by atoms with E-state index in [0.29, 0.717) is 48.6 Å². The summed E-state index contributed by atoms with van der Waals surface area (Å²) in [4.78, 5) is 22.3. The highest BCUT2D eigenvalue weighted by atomic mass is 19.1. The van der Waals surface area contributed by atoms with Crippen LogP contribution in [0.5, 0.6) is 5.75 Å². The van der Waals surface area contributed by atoms with Crippen molar-refractivity contribution in [2.24, 2.45) is 10.1 Å². The second-order valence-electron chi connectivity index (χ2n) is 10.8. The number of nitrogens with one attached hydrogen (secondary N) is 2. The van der Waals surface area contributed by atoms with Gasteiger partial charge in [-0.25, -0.2) is 14.8 Å². The molecule has 0 saturated heterocycles. The quantitative estimate of drug-likeness (QED) is 0.0436. The molecule has 0 aromatic heterocycles. The topological polar surface area (TPSA) is 141 Å². The van der Waals surface area contributed by atoms with E-state index in [1.807, 2.05) is 42.5 Å². The number of rotatable bonds is 15. The Bertz CT molecular complexity index is 1740. The van der Waals surface area contributed by atoms with Crippen LogP contribution in [0, 0.1) is 5.82 Å². The maximum absolute atomic E-state index is 14.3. The highest BCUT2D eigenvalue weighted by Crippen LogP contribution is 2.45. The summed E-state index contributed by atoms with van der Waals surface area (Å²) in [6, 6.07) is 30.0. The molecule has 1 amide bonds. The molecule has 1 heterocycles. The standard InChI is InChI=1S/C36H35FN6O4/c37-29-17-13-27(14-18-29)21-23-39-42-35(45)36(22-6-10-26-8-2-1-3-9-26)33(31-11-4-5-12-32(31)41-43-38)47-34(40-36)28-15-19-30(20-16-28)46-25-7-24-44/h1-6,8-20,33,39,44H,7,21-25H2,(H,42,45)/b10-6+/t33-,36-/m0/s1. The number of hydrogen-bond donors (Lipinski definition) is 3. The number of azide groups is 1. The molecule has 240 valence electrons. The maximum Gasteiger partial charge on any atom is 0.266 e. The number of hydrazine groups is 1. The highest BCUT2D eigenvalue weighted by molar-refractivity contribution is 6.01. The minimum absolute atomic E-state index is 0.0331. The van der Waals surface area contributed by atoms with Crippen molar-refractivity contribution in [3.8, 4) is 5.75 Å². The Kier molecular flexibility index (Phi) is 11.3. The third-order valence-electron chi connectivity index (χ3n) is 7.59. The van der Waals surface area contributed by atoms with Crippen LogP contribution in [0.25, 0.3) is 16.5 Å². The number of halogens is 1. The van der Waals surface area contributed by atoms with Gasteiger partial charge in [-0.3, -0.25) is 10.2 Å². The zero-order chi connectivity index (χ0) is 32.9. The smallest absolute Gasteiger partial charge is 0.266 e. The summed E-state index contributed by atoms with van der Waals surface area (Å²) >= 11 is 0. The Balaban J connectivity index is 1.49. The number of aliphatic hydroxyl groups is 1. The molecule has 11 heteroatoms. The first-order chi connectivity index (χ1) is 23.0. The lowest BCUT2D eigenvalue weighted by atomic mass is 9.83. The van der Waals surface area contributed by atoms with Gasteiger partial charge in [0.25, 0.3) is 5.91 Å². The Labute approximate surface area is 272 Å². The van der Waals surface area contributed by atoms with Gasteiger partial charge in [-0.1, -0.05) is 84.0 Å². The lowest BCUT2D eigenvalue weighted by Crippen LogP contribution is -2.52. The molecule has 0 bridgehead atoms. The van der Waals surface area contributed by atoms with Crippen LogP contribution >= 0.6 is 0 Å². The van der Waals surface area contributed by atoms with Gasteiger partial charge in [0.05, 0.1) is 6.61 Å². The average Bonchev–Trinajstić information content (AvgIpc) is 3.49. The van der Waals surface area contributed by atoms with Crippen LogP contribution in [-0.2, 0) is 16.0 Å². The molecular weight excluding hydrogens is 599 g/mol. The van der Waals surface area contributed by atoms with Gasteiger partial charge in [0.2, 0.25) is 5.90 Å². The molecule has 4 aromatic carbocycles. The van der Waals surface area contributed by atoms with E-state index in [1.54, 1.807) is 60.7 Å². The van der Waals surface area contributed by atoms with Gasteiger partial charge in [0.1, 0.15) is 11.6 Å². The van der Waals surface area contributed by atoms with E-state index in [-0.39, 0.29) is 24.7 Å². The summed E-state index contributed by atoms with van der Waals surface area (Å²) in [5.41, 5.74) is 16.9. The van der Waals surface area contributed by atoms with Crippen molar-refractivity contribution in [2.45, 2.75) is 30.9 Å². The minimum Gasteiger partial charge on any atom is -0.494 e. The zero-order valence-corrected chi connectivity index (χ0v) is 25.6. The van der Waals surface area contributed by atoms with Crippen LogP contribution < -0.4 is 15.6 Å². The molecule has 0 unspecified atom stereocenters. The molecule has 0 spiro atoms. The Morgan fingerprint density at radius 3 is 2.53 bits per heavy atom. The van der Waals surface area contributed by atoms with Crippen molar-refractivity contribution in [1.82, 2.24) is 10.9 Å². The SMILES string of the molecule is [N-]=[N+]=Nc1ccccc1[C@@H]1OC(c2ccc(OCCCO)cc2)=N[C@]1(C/C=C/c1ccccc1)C(=O)NNCCc1ccc(F)cc1. The van der Waals surface area contributed by atoms with Crippen LogP contribution in [-0.4, -0.2) is 42.2 Å². The molecule has 1 aliphatic heterocycles. The summed E-state index contributed by atoms with van der Waals surface area (Å²) in [7, 11) is 0. The van der Waals surface area contributed by atoms with Gasteiger partial charge < -0.3 is 14.6 Å². The largest absolute Gasteiger partial charge is 0.494 e.